The molecule has 0 radical (unpaired) electrons. The van der Waals surface area contributed by atoms with Gasteiger partial charge in [0, 0.05) is 4.88 Å². The molecule has 2 rings (SSSR count). The van der Waals surface area contributed by atoms with Crippen molar-refractivity contribution in [3.8, 4) is 0 Å². The largest absolute Gasteiger partial charge is 0.316 e. The number of nitrogens with one attached hydrogen (secondary N) is 1. The molecule has 2 heteroatoms. The molecule has 1 saturated carbocycles. The number of hydrogen-bond acceptors (Lipinski definition) is 2. The Balaban J connectivity index is 2.00. The van der Waals surface area contributed by atoms with Gasteiger partial charge in [-0.25, -0.2) is 0 Å². The second-order valence-electron chi connectivity index (χ2n) is 7.38. The van der Waals surface area contributed by atoms with E-state index in [2.05, 4.69) is 44.5 Å². The average molecular weight is 308 g/mol. The van der Waals surface area contributed by atoms with Crippen molar-refractivity contribution in [2.45, 2.75) is 65.7 Å². The number of aryl methyl sites for hydroxylation is 1. The molecule has 0 aliphatic heterocycles. The molecule has 3 atom stereocenters. The molecule has 1 aliphatic rings. The van der Waals surface area contributed by atoms with E-state index in [1.54, 1.807) is 5.56 Å². The first-order valence-electron chi connectivity index (χ1n) is 8.85. The van der Waals surface area contributed by atoms with Gasteiger partial charge < -0.3 is 5.32 Å². The molecule has 0 amide bonds. The van der Waals surface area contributed by atoms with E-state index in [4.69, 9.17) is 0 Å². The Morgan fingerprint density at radius 2 is 2.14 bits per heavy atom. The molecule has 1 fully saturated rings. The van der Waals surface area contributed by atoms with E-state index >= 15 is 0 Å². The first-order valence-corrected chi connectivity index (χ1v) is 9.73. The Morgan fingerprint density at radius 1 is 1.33 bits per heavy atom. The van der Waals surface area contributed by atoms with Gasteiger partial charge in [-0.05, 0) is 73.5 Å². The molecule has 21 heavy (non-hydrogen) atoms. The van der Waals surface area contributed by atoms with Gasteiger partial charge in [0.2, 0.25) is 0 Å². The Bertz CT molecular complexity index is 409. The second kappa shape index (κ2) is 8.33. The predicted octanol–water partition coefficient (Wildman–Crippen LogP) is 5.60. The molecule has 120 valence electrons. The molecule has 0 aromatic carbocycles. The van der Waals surface area contributed by atoms with Crippen LogP contribution < -0.4 is 5.32 Å². The average Bonchev–Trinajstić information content (AvgIpc) is 2.86. The third-order valence-corrected chi connectivity index (χ3v) is 5.82. The third-order valence-electron chi connectivity index (χ3n) is 4.94. The van der Waals surface area contributed by atoms with Gasteiger partial charge in [-0.2, -0.15) is 0 Å². The van der Waals surface area contributed by atoms with Crippen LogP contribution in [-0.2, 0) is 0 Å². The molecule has 1 aliphatic carbocycles. The zero-order valence-corrected chi connectivity index (χ0v) is 15.1. The van der Waals surface area contributed by atoms with Crippen LogP contribution in [0.3, 0.4) is 0 Å². The third kappa shape index (κ3) is 5.10. The molecule has 3 unspecified atom stereocenters. The lowest BCUT2D eigenvalue weighted by atomic mass is 9.70. The van der Waals surface area contributed by atoms with Gasteiger partial charge in [0.05, 0.1) is 0 Å². The fourth-order valence-electron chi connectivity index (χ4n) is 3.86. The molecular weight excluding hydrogens is 274 g/mol. The summed E-state index contributed by atoms with van der Waals surface area (Å²) in [7, 11) is 0. The Hall–Kier alpha value is -0.340. The molecule has 0 spiro atoms. The zero-order chi connectivity index (χ0) is 15.2. The lowest BCUT2D eigenvalue weighted by Crippen LogP contribution is -2.33. The molecule has 1 nitrogen and oxygen atoms in total. The number of thiophene rings is 1. The summed E-state index contributed by atoms with van der Waals surface area (Å²) in [6.45, 7) is 11.5. The Kier molecular flexibility index (Phi) is 6.75. The number of hydrogen-bond donors (Lipinski definition) is 1. The maximum absolute atomic E-state index is 3.71. The normalized spacial score (nSPS) is 26.4. The van der Waals surface area contributed by atoms with Crippen LogP contribution in [0.2, 0.25) is 0 Å². The summed E-state index contributed by atoms with van der Waals surface area (Å²) in [4.78, 5) is 1.47. The topological polar surface area (TPSA) is 12.0 Å². The Labute approximate surface area is 135 Å². The standard InChI is InChI=1S/C19H33NS/c1-5-6-16-7-8-17(12-20-11-14(2)3)19(10-16)18-9-15(4)21-13-18/h9,13-14,16-17,19-20H,5-8,10-12H2,1-4H3. The van der Waals surface area contributed by atoms with Crippen LogP contribution in [0.25, 0.3) is 0 Å². The fraction of sp³-hybridized carbons (Fsp3) is 0.789. The van der Waals surface area contributed by atoms with Crippen molar-refractivity contribution in [1.82, 2.24) is 5.32 Å². The van der Waals surface area contributed by atoms with Crippen molar-refractivity contribution >= 4 is 11.3 Å². The summed E-state index contributed by atoms with van der Waals surface area (Å²) in [6, 6.07) is 2.44. The summed E-state index contributed by atoms with van der Waals surface area (Å²) in [5.74, 6) is 3.34. The molecule has 1 aromatic rings. The van der Waals surface area contributed by atoms with E-state index in [0.29, 0.717) is 0 Å². The van der Waals surface area contributed by atoms with E-state index in [1.807, 2.05) is 11.3 Å². The number of rotatable bonds is 7. The highest BCUT2D eigenvalue weighted by Crippen LogP contribution is 2.43. The highest BCUT2D eigenvalue weighted by atomic mass is 32.1. The monoisotopic (exact) mass is 307 g/mol. The van der Waals surface area contributed by atoms with Gasteiger partial charge in [0.1, 0.15) is 0 Å². The van der Waals surface area contributed by atoms with E-state index in [-0.39, 0.29) is 0 Å². The van der Waals surface area contributed by atoms with E-state index in [0.717, 1.165) is 30.2 Å². The highest BCUT2D eigenvalue weighted by molar-refractivity contribution is 7.10. The predicted molar refractivity (Wildman–Crippen MR) is 95.2 cm³/mol. The SMILES string of the molecule is CCCC1CCC(CNCC(C)C)C(c2csc(C)c2)C1. The van der Waals surface area contributed by atoms with Crippen molar-refractivity contribution in [3.63, 3.8) is 0 Å². The van der Waals surface area contributed by atoms with Gasteiger partial charge in [0.15, 0.2) is 0 Å². The van der Waals surface area contributed by atoms with Crippen LogP contribution in [0.5, 0.6) is 0 Å². The fourth-order valence-corrected chi connectivity index (χ4v) is 4.63. The molecule has 1 heterocycles. The molecular formula is C19H33NS. The summed E-state index contributed by atoms with van der Waals surface area (Å²) in [5.41, 5.74) is 1.62. The van der Waals surface area contributed by atoms with Gasteiger partial charge in [-0.1, -0.05) is 40.0 Å². The van der Waals surface area contributed by atoms with Crippen LogP contribution in [0.15, 0.2) is 11.4 Å². The summed E-state index contributed by atoms with van der Waals surface area (Å²) in [6.07, 6.45) is 7.04. The van der Waals surface area contributed by atoms with Crippen molar-refractivity contribution in [2.24, 2.45) is 17.8 Å². The van der Waals surface area contributed by atoms with Gasteiger partial charge in [-0.15, -0.1) is 11.3 Å². The summed E-state index contributed by atoms with van der Waals surface area (Å²) >= 11 is 1.92. The Morgan fingerprint density at radius 3 is 2.76 bits per heavy atom. The van der Waals surface area contributed by atoms with Crippen molar-refractivity contribution in [2.75, 3.05) is 13.1 Å². The molecule has 1 N–H and O–H groups in total. The van der Waals surface area contributed by atoms with Crippen LogP contribution in [0, 0.1) is 24.7 Å². The van der Waals surface area contributed by atoms with Gasteiger partial charge >= 0.3 is 0 Å². The highest BCUT2D eigenvalue weighted by Gasteiger charge is 2.31. The molecule has 0 bridgehead atoms. The van der Waals surface area contributed by atoms with E-state index in [1.165, 1.54) is 43.5 Å². The minimum Gasteiger partial charge on any atom is -0.316 e. The van der Waals surface area contributed by atoms with Crippen molar-refractivity contribution in [3.05, 3.63) is 21.9 Å². The minimum absolute atomic E-state index is 0.753. The lowest BCUT2D eigenvalue weighted by molar-refractivity contribution is 0.219. The maximum atomic E-state index is 3.71. The quantitative estimate of drug-likeness (QED) is 0.691. The van der Waals surface area contributed by atoms with E-state index < -0.39 is 0 Å². The van der Waals surface area contributed by atoms with Gasteiger partial charge in [-0.3, -0.25) is 0 Å². The molecule has 1 aromatic heterocycles. The summed E-state index contributed by atoms with van der Waals surface area (Å²) in [5, 5.41) is 6.13. The lowest BCUT2D eigenvalue weighted by Gasteiger charge is -2.36. The smallest absolute Gasteiger partial charge is 0.00171 e. The van der Waals surface area contributed by atoms with Crippen LogP contribution in [-0.4, -0.2) is 13.1 Å². The van der Waals surface area contributed by atoms with Crippen LogP contribution >= 0.6 is 11.3 Å². The van der Waals surface area contributed by atoms with Crippen molar-refractivity contribution in [1.29, 1.82) is 0 Å². The summed E-state index contributed by atoms with van der Waals surface area (Å²) < 4.78 is 0. The second-order valence-corrected chi connectivity index (χ2v) is 8.49. The van der Waals surface area contributed by atoms with E-state index in [9.17, 15) is 0 Å². The minimum atomic E-state index is 0.753. The van der Waals surface area contributed by atoms with Crippen LogP contribution in [0.4, 0.5) is 0 Å². The first kappa shape index (κ1) is 17.0. The van der Waals surface area contributed by atoms with Crippen LogP contribution in [0.1, 0.15) is 69.2 Å². The molecule has 0 saturated heterocycles. The zero-order valence-electron chi connectivity index (χ0n) is 14.3. The first-order chi connectivity index (χ1) is 10.1. The van der Waals surface area contributed by atoms with Crippen molar-refractivity contribution < 1.29 is 0 Å². The maximum Gasteiger partial charge on any atom is 0.00171 e. The van der Waals surface area contributed by atoms with Gasteiger partial charge in [0.25, 0.3) is 0 Å².